The van der Waals surface area contributed by atoms with Crippen LogP contribution in [0.3, 0.4) is 0 Å². The average Bonchev–Trinajstić information content (AvgIpc) is 3.20. The number of hydrogen-bond donors (Lipinski definition) is 0. The molecule has 4 rings (SSSR count). The Bertz CT molecular complexity index is 941. The highest BCUT2D eigenvalue weighted by Crippen LogP contribution is 2.35. The van der Waals surface area contributed by atoms with Gasteiger partial charge >= 0.3 is 0 Å². The number of carbonyl (C=O) groups is 1. The van der Waals surface area contributed by atoms with E-state index >= 15 is 0 Å². The summed E-state index contributed by atoms with van der Waals surface area (Å²) in [4.78, 5) is 14.7. The van der Waals surface area contributed by atoms with Crippen LogP contribution < -0.4 is 0 Å². The van der Waals surface area contributed by atoms with Crippen LogP contribution in [0, 0.1) is 13.8 Å². The molecule has 1 aromatic carbocycles. The first-order chi connectivity index (χ1) is 12.0. The summed E-state index contributed by atoms with van der Waals surface area (Å²) in [6.45, 7) is 5.04. The van der Waals surface area contributed by atoms with Gasteiger partial charge < -0.3 is 9.42 Å². The lowest BCUT2D eigenvalue weighted by atomic mass is 9.85. The molecule has 1 atom stereocenters. The normalized spacial score (nSPS) is 16.8. The highest BCUT2D eigenvalue weighted by Gasteiger charge is 2.32. The number of hydrogen-bond acceptors (Lipinski definition) is 4. The molecule has 0 spiro atoms. The van der Waals surface area contributed by atoms with Crippen molar-refractivity contribution in [3.8, 4) is 0 Å². The highest BCUT2D eigenvalue weighted by atomic mass is 16.5. The van der Waals surface area contributed by atoms with Crippen molar-refractivity contribution in [2.45, 2.75) is 26.3 Å². The Kier molecular flexibility index (Phi) is 3.67. The van der Waals surface area contributed by atoms with Crippen LogP contribution in [0.2, 0.25) is 0 Å². The third-order valence-corrected chi connectivity index (χ3v) is 4.98. The molecule has 0 radical (unpaired) electrons. The summed E-state index contributed by atoms with van der Waals surface area (Å²) in [6.07, 6.45) is 1.91. The fraction of sp³-hybridized carbons (Fsp3) is 0.316. The van der Waals surface area contributed by atoms with Gasteiger partial charge in [-0.3, -0.25) is 9.48 Å². The van der Waals surface area contributed by atoms with E-state index < -0.39 is 0 Å². The third kappa shape index (κ3) is 2.63. The molecule has 0 fully saturated rings. The van der Waals surface area contributed by atoms with Crippen molar-refractivity contribution in [1.82, 2.24) is 19.8 Å². The number of benzene rings is 1. The van der Waals surface area contributed by atoms with E-state index in [0.29, 0.717) is 24.5 Å². The van der Waals surface area contributed by atoms with Crippen LogP contribution in [0.25, 0.3) is 0 Å². The van der Waals surface area contributed by atoms with Gasteiger partial charge in [-0.05, 0) is 25.0 Å². The molecule has 0 aliphatic carbocycles. The average molecular weight is 336 g/mol. The largest absolute Gasteiger partial charge is 0.361 e. The van der Waals surface area contributed by atoms with Crippen LogP contribution in [0.15, 0.2) is 41.1 Å². The summed E-state index contributed by atoms with van der Waals surface area (Å²) in [5.74, 6) is 0.647. The SMILES string of the molecule is Cc1cc(C(=O)N2Cc3ccccc3C(c3cnn(C)c3C)C2)no1. The zero-order chi connectivity index (χ0) is 17.6. The summed E-state index contributed by atoms with van der Waals surface area (Å²) >= 11 is 0. The second-order valence-corrected chi connectivity index (χ2v) is 6.57. The predicted octanol–water partition coefficient (Wildman–Crippen LogP) is 2.81. The highest BCUT2D eigenvalue weighted by molar-refractivity contribution is 5.92. The van der Waals surface area contributed by atoms with Gasteiger partial charge in [-0.25, -0.2) is 0 Å². The van der Waals surface area contributed by atoms with E-state index in [2.05, 4.69) is 35.4 Å². The van der Waals surface area contributed by atoms with Crippen molar-refractivity contribution in [1.29, 1.82) is 0 Å². The lowest BCUT2D eigenvalue weighted by Crippen LogP contribution is -2.38. The summed E-state index contributed by atoms with van der Waals surface area (Å²) in [7, 11) is 1.94. The molecule has 3 heterocycles. The van der Waals surface area contributed by atoms with Gasteiger partial charge in [0.15, 0.2) is 5.69 Å². The third-order valence-electron chi connectivity index (χ3n) is 4.98. The second-order valence-electron chi connectivity index (χ2n) is 6.57. The van der Waals surface area contributed by atoms with E-state index in [-0.39, 0.29) is 11.8 Å². The maximum atomic E-state index is 12.9. The summed E-state index contributed by atoms with van der Waals surface area (Å²) in [5, 5.41) is 8.27. The van der Waals surface area contributed by atoms with Crippen molar-refractivity contribution in [2.24, 2.45) is 7.05 Å². The molecule has 6 nitrogen and oxygen atoms in total. The van der Waals surface area contributed by atoms with E-state index in [1.807, 2.05) is 28.9 Å². The molecule has 0 saturated carbocycles. The lowest BCUT2D eigenvalue weighted by molar-refractivity contribution is 0.0714. The molecule has 6 heteroatoms. The predicted molar refractivity (Wildman–Crippen MR) is 92.2 cm³/mol. The molecule has 0 saturated heterocycles. The molecule has 1 unspecified atom stereocenters. The second kappa shape index (κ2) is 5.88. The Balaban J connectivity index is 1.74. The first-order valence-electron chi connectivity index (χ1n) is 8.33. The number of rotatable bonds is 2. The first kappa shape index (κ1) is 15.6. The molecule has 128 valence electrons. The van der Waals surface area contributed by atoms with Crippen molar-refractivity contribution in [3.63, 3.8) is 0 Å². The molecule has 1 amide bonds. The Morgan fingerprint density at radius 1 is 1.24 bits per heavy atom. The monoisotopic (exact) mass is 336 g/mol. The standard InChI is InChI=1S/C19H20N4O2/c1-12-8-18(21-25-12)19(24)23-10-14-6-4-5-7-15(14)17(11-23)16-9-20-22(3)13(16)2/h4-9,17H,10-11H2,1-3H3. The zero-order valence-corrected chi connectivity index (χ0v) is 14.6. The van der Waals surface area contributed by atoms with Gasteiger partial charge in [0.25, 0.3) is 5.91 Å². The maximum absolute atomic E-state index is 12.9. The fourth-order valence-corrected chi connectivity index (χ4v) is 3.51. The molecular weight excluding hydrogens is 316 g/mol. The van der Waals surface area contributed by atoms with Gasteiger partial charge in [0.1, 0.15) is 5.76 Å². The van der Waals surface area contributed by atoms with Crippen LogP contribution in [0.4, 0.5) is 0 Å². The Morgan fingerprint density at radius 2 is 2.04 bits per heavy atom. The van der Waals surface area contributed by atoms with Crippen molar-refractivity contribution in [3.05, 3.63) is 70.4 Å². The molecular formula is C19H20N4O2. The minimum absolute atomic E-state index is 0.0992. The minimum Gasteiger partial charge on any atom is -0.361 e. The summed E-state index contributed by atoms with van der Waals surface area (Å²) in [5.41, 5.74) is 5.06. The van der Waals surface area contributed by atoms with Crippen molar-refractivity contribution >= 4 is 5.91 Å². The van der Waals surface area contributed by atoms with Gasteiger partial charge in [-0.1, -0.05) is 29.4 Å². The van der Waals surface area contributed by atoms with Gasteiger partial charge in [0, 0.05) is 43.4 Å². The number of carbonyl (C=O) groups excluding carboxylic acids is 1. The van der Waals surface area contributed by atoms with Crippen LogP contribution in [-0.4, -0.2) is 32.3 Å². The Hall–Kier alpha value is -2.89. The molecule has 1 aliphatic heterocycles. The number of aryl methyl sites for hydroxylation is 2. The van der Waals surface area contributed by atoms with Crippen molar-refractivity contribution < 1.29 is 9.32 Å². The molecule has 3 aromatic rings. The number of aromatic nitrogens is 3. The number of amides is 1. The van der Waals surface area contributed by atoms with Crippen LogP contribution in [0.1, 0.15) is 44.6 Å². The van der Waals surface area contributed by atoms with Crippen LogP contribution in [-0.2, 0) is 13.6 Å². The first-order valence-corrected chi connectivity index (χ1v) is 8.33. The Morgan fingerprint density at radius 3 is 2.72 bits per heavy atom. The topological polar surface area (TPSA) is 64.2 Å². The van der Waals surface area contributed by atoms with Gasteiger partial charge in [-0.2, -0.15) is 5.10 Å². The lowest BCUT2D eigenvalue weighted by Gasteiger charge is -2.34. The van der Waals surface area contributed by atoms with Crippen LogP contribution in [0.5, 0.6) is 0 Å². The van der Waals surface area contributed by atoms with E-state index in [1.165, 1.54) is 5.56 Å². The van der Waals surface area contributed by atoms with E-state index in [1.54, 1.807) is 13.0 Å². The van der Waals surface area contributed by atoms with Gasteiger partial charge in [0.2, 0.25) is 0 Å². The quantitative estimate of drug-likeness (QED) is 0.722. The van der Waals surface area contributed by atoms with E-state index in [0.717, 1.165) is 16.8 Å². The zero-order valence-electron chi connectivity index (χ0n) is 14.6. The van der Waals surface area contributed by atoms with Crippen LogP contribution >= 0.6 is 0 Å². The molecule has 25 heavy (non-hydrogen) atoms. The molecule has 0 bridgehead atoms. The Labute approximate surface area is 146 Å². The smallest absolute Gasteiger partial charge is 0.276 e. The minimum atomic E-state index is -0.0992. The van der Waals surface area contributed by atoms with E-state index in [4.69, 9.17) is 4.52 Å². The van der Waals surface area contributed by atoms with E-state index in [9.17, 15) is 4.79 Å². The molecule has 2 aromatic heterocycles. The maximum Gasteiger partial charge on any atom is 0.276 e. The summed E-state index contributed by atoms with van der Waals surface area (Å²) < 4.78 is 6.94. The van der Waals surface area contributed by atoms with Gasteiger partial charge in [-0.15, -0.1) is 0 Å². The van der Waals surface area contributed by atoms with Gasteiger partial charge in [0.05, 0.1) is 6.20 Å². The molecule has 0 N–H and O–H groups in total. The number of fused-ring (bicyclic) bond motifs is 1. The number of nitrogens with zero attached hydrogens (tertiary/aromatic N) is 4. The fourth-order valence-electron chi connectivity index (χ4n) is 3.51. The summed E-state index contributed by atoms with van der Waals surface area (Å²) in [6, 6.07) is 9.99. The molecule has 1 aliphatic rings. The van der Waals surface area contributed by atoms with Crippen molar-refractivity contribution in [2.75, 3.05) is 6.54 Å².